The van der Waals surface area contributed by atoms with Crippen LogP contribution in [0.2, 0.25) is 0 Å². The Bertz CT molecular complexity index is 507. The average molecular weight is 205 g/mol. The van der Waals surface area contributed by atoms with Crippen LogP contribution in [0.4, 0.5) is 5.69 Å². The van der Waals surface area contributed by atoms with E-state index in [0.29, 0.717) is 11.3 Å². The van der Waals surface area contributed by atoms with E-state index < -0.39 is 5.97 Å². The SMILES string of the molecule is Nc1ccccc1-c1nc(C(=O)O)no1. The Morgan fingerprint density at radius 1 is 1.40 bits per heavy atom. The van der Waals surface area contributed by atoms with E-state index in [2.05, 4.69) is 10.1 Å². The number of hydrogen-bond acceptors (Lipinski definition) is 5. The molecule has 0 atom stereocenters. The molecule has 0 saturated carbocycles. The van der Waals surface area contributed by atoms with Crippen LogP contribution >= 0.6 is 0 Å². The number of benzene rings is 1. The number of anilines is 1. The minimum absolute atomic E-state index is 0.102. The Kier molecular flexibility index (Phi) is 2.09. The van der Waals surface area contributed by atoms with E-state index in [1.807, 2.05) is 0 Å². The van der Waals surface area contributed by atoms with E-state index in [0.717, 1.165) is 0 Å². The monoisotopic (exact) mass is 205 g/mol. The largest absolute Gasteiger partial charge is 0.475 e. The van der Waals surface area contributed by atoms with Gasteiger partial charge < -0.3 is 15.4 Å². The van der Waals surface area contributed by atoms with Crippen molar-refractivity contribution in [1.29, 1.82) is 0 Å². The maximum absolute atomic E-state index is 10.5. The molecule has 0 bridgehead atoms. The van der Waals surface area contributed by atoms with Gasteiger partial charge >= 0.3 is 5.97 Å². The third-order valence-electron chi connectivity index (χ3n) is 1.81. The molecule has 0 radical (unpaired) electrons. The number of carboxylic acids is 1. The Morgan fingerprint density at radius 3 is 2.73 bits per heavy atom. The van der Waals surface area contributed by atoms with E-state index in [1.165, 1.54) is 0 Å². The number of nitrogens with zero attached hydrogens (tertiary/aromatic N) is 2. The Morgan fingerprint density at radius 2 is 2.13 bits per heavy atom. The quantitative estimate of drug-likeness (QED) is 0.709. The van der Waals surface area contributed by atoms with Crippen molar-refractivity contribution >= 4 is 11.7 Å². The molecule has 0 fully saturated rings. The van der Waals surface area contributed by atoms with Crippen molar-refractivity contribution in [3.8, 4) is 11.5 Å². The van der Waals surface area contributed by atoms with Crippen molar-refractivity contribution in [1.82, 2.24) is 10.1 Å². The molecule has 2 rings (SSSR count). The van der Waals surface area contributed by atoms with Crippen LogP contribution in [0.1, 0.15) is 10.6 Å². The van der Waals surface area contributed by atoms with E-state index in [-0.39, 0.29) is 11.7 Å². The van der Waals surface area contributed by atoms with Crippen LogP contribution in [0.5, 0.6) is 0 Å². The van der Waals surface area contributed by atoms with Gasteiger partial charge in [0, 0.05) is 5.69 Å². The molecule has 2 aromatic rings. The van der Waals surface area contributed by atoms with E-state index in [1.54, 1.807) is 24.3 Å². The Balaban J connectivity index is 2.46. The maximum atomic E-state index is 10.5. The van der Waals surface area contributed by atoms with Crippen LogP contribution in [0.25, 0.3) is 11.5 Å². The molecule has 0 aliphatic carbocycles. The molecule has 1 heterocycles. The summed E-state index contributed by atoms with van der Waals surface area (Å²) in [6, 6.07) is 6.85. The third-order valence-corrected chi connectivity index (χ3v) is 1.81. The lowest BCUT2D eigenvalue weighted by Gasteiger charge is -1.97. The molecule has 0 aliphatic rings. The number of rotatable bonds is 2. The van der Waals surface area contributed by atoms with E-state index in [9.17, 15) is 4.79 Å². The Hall–Kier alpha value is -2.37. The highest BCUT2D eigenvalue weighted by molar-refractivity contribution is 5.83. The number of aromatic carboxylic acids is 1. The second-order valence-corrected chi connectivity index (χ2v) is 2.82. The van der Waals surface area contributed by atoms with Gasteiger partial charge in [0.1, 0.15) is 0 Å². The first kappa shape index (κ1) is 9.20. The summed E-state index contributed by atoms with van der Waals surface area (Å²) in [7, 11) is 0. The highest BCUT2D eigenvalue weighted by atomic mass is 16.5. The summed E-state index contributed by atoms with van der Waals surface area (Å²) in [6.45, 7) is 0. The lowest BCUT2D eigenvalue weighted by atomic mass is 10.2. The minimum atomic E-state index is -1.24. The molecular weight excluding hydrogens is 198 g/mol. The zero-order chi connectivity index (χ0) is 10.8. The lowest BCUT2D eigenvalue weighted by Crippen LogP contribution is -1.98. The second-order valence-electron chi connectivity index (χ2n) is 2.82. The van der Waals surface area contributed by atoms with Crippen LogP contribution in [-0.4, -0.2) is 21.2 Å². The number of nitrogen functional groups attached to an aromatic ring is 1. The average Bonchev–Trinajstić information content (AvgIpc) is 2.67. The number of aromatic nitrogens is 2. The van der Waals surface area contributed by atoms with Crippen molar-refractivity contribution in [2.24, 2.45) is 0 Å². The van der Waals surface area contributed by atoms with Crippen LogP contribution in [-0.2, 0) is 0 Å². The topological polar surface area (TPSA) is 102 Å². The lowest BCUT2D eigenvalue weighted by molar-refractivity contribution is 0.0680. The normalized spacial score (nSPS) is 10.1. The minimum Gasteiger partial charge on any atom is -0.475 e. The van der Waals surface area contributed by atoms with Crippen molar-refractivity contribution in [2.75, 3.05) is 5.73 Å². The van der Waals surface area contributed by atoms with Gasteiger partial charge in [-0.25, -0.2) is 4.79 Å². The van der Waals surface area contributed by atoms with E-state index >= 15 is 0 Å². The van der Waals surface area contributed by atoms with Crippen molar-refractivity contribution < 1.29 is 14.4 Å². The first-order chi connectivity index (χ1) is 7.18. The number of nitrogens with two attached hydrogens (primary N) is 1. The standard InChI is InChI=1S/C9H7N3O3/c10-6-4-2-1-3-5(6)8-11-7(9(13)14)12-15-8/h1-4H,10H2,(H,13,14). The molecule has 15 heavy (non-hydrogen) atoms. The summed E-state index contributed by atoms with van der Waals surface area (Å²) in [4.78, 5) is 14.2. The number of carboxylic acid groups (broad SMARTS) is 1. The van der Waals surface area contributed by atoms with Gasteiger partial charge in [-0.2, -0.15) is 4.98 Å². The summed E-state index contributed by atoms with van der Waals surface area (Å²) in [5.41, 5.74) is 6.64. The zero-order valence-corrected chi connectivity index (χ0v) is 7.54. The van der Waals surface area contributed by atoms with Crippen LogP contribution in [0.15, 0.2) is 28.8 Å². The zero-order valence-electron chi connectivity index (χ0n) is 7.54. The number of hydrogen-bond donors (Lipinski definition) is 2. The summed E-state index contributed by atoms with van der Waals surface area (Å²) < 4.78 is 4.77. The fourth-order valence-electron chi connectivity index (χ4n) is 1.11. The predicted octanol–water partition coefficient (Wildman–Crippen LogP) is 1.02. The highest BCUT2D eigenvalue weighted by Gasteiger charge is 2.15. The van der Waals surface area contributed by atoms with Gasteiger partial charge in [0.15, 0.2) is 0 Å². The molecule has 3 N–H and O–H groups in total. The van der Waals surface area contributed by atoms with Gasteiger partial charge in [0.2, 0.25) is 0 Å². The van der Waals surface area contributed by atoms with Crippen molar-refractivity contribution in [3.05, 3.63) is 30.1 Å². The smallest absolute Gasteiger partial charge is 0.377 e. The molecule has 0 saturated heterocycles. The highest BCUT2D eigenvalue weighted by Crippen LogP contribution is 2.23. The fourth-order valence-corrected chi connectivity index (χ4v) is 1.11. The molecule has 6 heteroatoms. The van der Waals surface area contributed by atoms with Crippen LogP contribution in [0.3, 0.4) is 0 Å². The van der Waals surface area contributed by atoms with Crippen molar-refractivity contribution in [3.63, 3.8) is 0 Å². The summed E-state index contributed by atoms with van der Waals surface area (Å²) in [6.07, 6.45) is 0. The number of carbonyl (C=O) groups is 1. The van der Waals surface area contributed by atoms with Crippen LogP contribution in [0, 0.1) is 0 Å². The summed E-state index contributed by atoms with van der Waals surface area (Å²) >= 11 is 0. The molecule has 0 unspecified atom stereocenters. The maximum Gasteiger partial charge on any atom is 0.377 e. The molecule has 0 spiro atoms. The molecule has 1 aromatic heterocycles. The molecule has 6 nitrogen and oxygen atoms in total. The fraction of sp³-hybridized carbons (Fsp3) is 0. The molecule has 0 amide bonds. The molecular formula is C9H7N3O3. The van der Waals surface area contributed by atoms with Crippen LogP contribution < -0.4 is 5.73 Å². The predicted molar refractivity (Wildman–Crippen MR) is 51.1 cm³/mol. The van der Waals surface area contributed by atoms with Gasteiger partial charge in [-0.1, -0.05) is 12.1 Å². The number of para-hydroxylation sites is 1. The summed E-state index contributed by atoms with van der Waals surface area (Å²) in [5.74, 6) is -1.52. The van der Waals surface area contributed by atoms with Gasteiger partial charge in [-0.3, -0.25) is 0 Å². The molecule has 76 valence electrons. The summed E-state index contributed by atoms with van der Waals surface area (Å²) in [5, 5.41) is 11.9. The second kappa shape index (κ2) is 3.41. The molecule has 0 aliphatic heterocycles. The van der Waals surface area contributed by atoms with Gasteiger partial charge in [-0.15, -0.1) is 0 Å². The first-order valence-electron chi connectivity index (χ1n) is 4.10. The molecule has 1 aromatic carbocycles. The van der Waals surface area contributed by atoms with E-state index in [4.69, 9.17) is 15.4 Å². The third kappa shape index (κ3) is 1.64. The first-order valence-corrected chi connectivity index (χ1v) is 4.10. The van der Waals surface area contributed by atoms with Gasteiger partial charge in [0.25, 0.3) is 11.7 Å². The van der Waals surface area contributed by atoms with Gasteiger partial charge in [-0.05, 0) is 17.3 Å². The van der Waals surface area contributed by atoms with Gasteiger partial charge in [0.05, 0.1) is 5.56 Å². The Labute approximate surface area is 84.3 Å². The van der Waals surface area contributed by atoms with Crippen molar-refractivity contribution in [2.45, 2.75) is 0 Å².